The number of nitrogens with zero attached hydrogens (tertiary/aromatic N) is 2. The van der Waals surface area contributed by atoms with Gasteiger partial charge in [0.1, 0.15) is 5.88 Å². The first kappa shape index (κ1) is 23.5. The number of likely N-dealkylation sites (N-methyl/N-ethyl adjacent to an activating group) is 1. The lowest BCUT2D eigenvalue weighted by atomic mass is 10.0. The molecule has 0 aromatic heterocycles. The Hall–Kier alpha value is -0.520. The average molecular weight is 397 g/mol. The van der Waals surface area contributed by atoms with Crippen LogP contribution >= 0.6 is 36.4 Å². The molecule has 1 saturated heterocycles. The summed E-state index contributed by atoms with van der Waals surface area (Å²) in [7, 11) is 4.32. The fraction of sp³-hybridized carbons (Fsp3) is 0.588. The van der Waals surface area contributed by atoms with Crippen LogP contribution in [0, 0.1) is 0 Å². The number of hydrogen-bond acceptors (Lipinski definition) is 3. The number of piperidine rings is 1. The molecule has 0 aliphatic carbocycles. The van der Waals surface area contributed by atoms with Gasteiger partial charge in [-0.3, -0.25) is 4.79 Å². The van der Waals surface area contributed by atoms with Gasteiger partial charge >= 0.3 is 0 Å². The Morgan fingerprint density at radius 3 is 2.42 bits per heavy atom. The maximum Gasteiger partial charge on any atom is 0.235 e. The second-order valence-electron chi connectivity index (χ2n) is 6.14. The summed E-state index contributed by atoms with van der Waals surface area (Å²) in [4.78, 5) is 16.5. The fourth-order valence-electron chi connectivity index (χ4n) is 3.03. The van der Waals surface area contributed by atoms with Gasteiger partial charge in [-0.05, 0) is 45.6 Å². The third-order valence-electron chi connectivity index (χ3n) is 4.44. The first-order chi connectivity index (χ1) is 10.6. The molecular formula is C17H28Cl3N3O. The van der Waals surface area contributed by atoms with Crippen LogP contribution in [-0.2, 0) is 4.79 Å². The van der Waals surface area contributed by atoms with Gasteiger partial charge in [0, 0.05) is 12.6 Å². The molecule has 0 saturated carbocycles. The number of carbonyl (C=O) groups excluding carboxylic acids is 1. The van der Waals surface area contributed by atoms with E-state index < -0.39 is 0 Å². The Labute approximate surface area is 162 Å². The molecule has 24 heavy (non-hydrogen) atoms. The lowest BCUT2D eigenvalue weighted by Crippen LogP contribution is -2.45. The molecule has 1 aliphatic rings. The van der Waals surface area contributed by atoms with E-state index in [9.17, 15) is 4.79 Å². The molecule has 1 aromatic carbocycles. The van der Waals surface area contributed by atoms with Crippen molar-refractivity contribution in [3.8, 4) is 0 Å². The number of carbonyl (C=O) groups is 1. The SMILES string of the molecule is CN1CCC(N(C)CC(NC(=O)CCl)c2ccccc2)CC1.Cl.Cl. The highest BCUT2D eigenvalue weighted by Gasteiger charge is 2.24. The molecule has 138 valence electrons. The van der Waals surface area contributed by atoms with E-state index in [0.717, 1.165) is 25.2 Å². The monoisotopic (exact) mass is 395 g/mol. The molecular weight excluding hydrogens is 369 g/mol. The Morgan fingerprint density at radius 2 is 1.88 bits per heavy atom. The molecule has 0 radical (unpaired) electrons. The first-order valence-electron chi connectivity index (χ1n) is 7.89. The number of nitrogens with one attached hydrogen (secondary N) is 1. The van der Waals surface area contributed by atoms with Gasteiger partial charge in [0.2, 0.25) is 5.91 Å². The average Bonchev–Trinajstić information content (AvgIpc) is 2.55. The van der Waals surface area contributed by atoms with Gasteiger partial charge in [0.05, 0.1) is 6.04 Å². The van der Waals surface area contributed by atoms with E-state index in [-0.39, 0.29) is 42.6 Å². The number of hydrogen-bond donors (Lipinski definition) is 1. The van der Waals surface area contributed by atoms with E-state index in [1.807, 2.05) is 18.2 Å². The van der Waals surface area contributed by atoms with Crippen LogP contribution in [0.15, 0.2) is 30.3 Å². The van der Waals surface area contributed by atoms with Gasteiger partial charge in [-0.2, -0.15) is 0 Å². The summed E-state index contributed by atoms with van der Waals surface area (Å²) in [5.41, 5.74) is 1.13. The van der Waals surface area contributed by atoms with E-state index >= 15 is 0 Å². The lowest BCUT2D eigenvalue weighted by Gasteiger charge is -2.37. The molecule has 1 N–H and O–H groups in total. The highest BCUT2D eigenvalue weighted by molar-refractivity contribution is 6.27. The highest BCUT2D eigenvalue weighted by Crippen LogP contribution is 2.19. The summed E-state index contributed by atoms with van der Waals surface area (Å²) in [6.45, 7) is 3.08. The minimum atomic E-state index is -0.118. The van der Waals surface area contributed by atoms with E-state index in [1.54, 1.807) is 0 Å². The van der Waals surface area contributed by atoms with Crippen molar-refractivity contribution in [2.24, 2.45) is 0 Å². The van der Waals surface area contributed by atoms with E-state index in [1.165, 1.54) is 12.8 Å². The number of halogens is 3. The van der Waals surface area contributed by atoms with Crippen LogP contribution < -0.4 is 5.32 Å². The normalized spacial score (nSPS) is 16.8. The van der Waals surface area contributed by atoms with Crippen LogP contribution in [0.25, 0.3) is 0 Å². The zero-order chi connectivity index (χ0) is 15.9. The van der Waals surface area contributed by atoms with Gasteiger partial charge < -0.3 is 15.1 Å². The summed E-state index contributed by atoms with van der Waals surface area (Å²) in [6, 6.07) is 10.7. The van der Waals surface area contributed by atoms with Crippen LogP contribution in [0.4, 0.5) is 0 Å². The van der Waals surface area contributed by atoms with Gasteiger partial charge in [-0.15, -0.1) is 36.4 Å². The van der Waals surface area contributed by atoms with Crippen LogP contribution in [0.2, 0.25) is 0 Å². The summed E-state index contributed by atoms with van der Waals surface area (Å²) >= 11 is 5.65. The number of rotatable bonds is 6. The standard InChI is InChI=1S/C17H26ClN3O.2ClH/c1-20-10-8-15(9-11-20)21(2)13-16(19-17(22)12-18)14-6-4-3-5-7-14;;/h3-7,15-16H,8-13H2,1-2H3,(H,19,22);2*1H. The molecule has 0 spiro atoms. The topological polar surface area (TPSA) is 35.6 Å². The van der Waals surface area contributed by atoms with Gasteiger partial charge in [0.15, 0.2) is 0 Å². The van der Waals surface area contributed by atoms with E-state index in [2.05, 4.69) is 41.3 Å². The Bertz CT molecular complexity index is 467. The predicted molar refractivity (Wildman–Crippen MR) is 106 cm³/mol. The molecule has 1 fully saturated rings. The molecule has 7 heteroatoms. The van der Waals surface area contributed by atoms with E-state index in [4.69, 9.17) is 11.6 Å². The third-order valence-corrected chi connectivity index (χ3v) is 4.68. The molecule has 1 aliphatic heterocycles. The zero-order valence-electron chi connectivity index (χ0n) is 14.3. The summed E-state index contributed by atoms with van der Waals surface area (Å²) in [5, 5.41) is 3.04. The largest absolute Gasteiger partial charge is 0.347 e. The molecule has 4 nitrogen and oxygen atoms in total. The second kappa shape index (κ2) is 11.9. The molecule has 1 unspecified atom stereocenters. The summed E-state index contributed by atoms with van der Waals surface area (Å²) in [5.74, 6) is -0.117. The summed E-state index contributed by atoms with van der Waals surface area (Å²) in [6.07, 6.45) is 2.36. The number of alkyl halides is 1. The molecule has 1 amide bonds. The first-order valence-corrected chi connectivity index (χ1v) is 8.42. The van der Waals surface area contributed by atoms with Crippen molar-refractivity contribution in [2.45, 2.75) is 24.9 Å². The minimum Gasteiger partial charge on any atom is -0.347 e. The van der Waals surface area contributed by atoms with Crippen molar-refractivity contribution in [2.75, 3.05) is 39.6 Å². The van der Waals surface area contributed by atoms with Crippen molar-refractivity contribution >= 4 is 42.3 Å². The number of amides is 1. The number of benzene rings is 1. The molecule has 1 aromatic rings. The lowest BCUT2D eigenvalue weighted by molar-refractivity contribution is -0.119. The highest BCUT2D eigenvalue weighted by atomic mass is 35.5. The van der Waals surface area contributed by atoms with Gasteiger partial charge in [-0.1, -0.05) is 30.3 Å². The molecule has 2 rings (SSSR count). The fourth-order valence-corrected chi connectivity index (χ4v) is 3.10. The van der Waals surface area contributed by atoms with Gasteiger partial charge in [0.25, 0.3) is 0 Å². The Balaban J connectivity index is 0.00000264. The smallest absolute Gasteiger partial charge is 0.235 e. The van der Waals surface area contributed by atoms with Crippen molar-refractivity contribution in [3.63, 3.8) is 0 Å². The van der Waals surface area contributed by atoms with Crippen molar-refractivity contribution in [3.05, 3.63) is 35.9 Å². The van der Waals surface area contributed by atoms with Crippen molar-refractivity contribution in [1.82, 2.24) is 15.1 Å². The van der Waals surface area contributed by atoms with Crippen LogP contribution in [0.1, 0.15) is 24.4 Å². The number of likely N-dealkylation sites (tertiary alicyclic amines) is 1. The van der Waals surface area contributed by atoms with Crippen LogP contribution in [-0.4, -0.2) is 61.4 Å². The predicted octanol–water partition coefficient (Wildman–Crippen LogP) is 2.95. The molecule has 1 heterocycles. The maximum atomic E-state index is 11.7. The van der Waals surface area contributed by atoms with Crippen molar-refractivity contribution in [1.29, 1.82) is 0 Å². The second-order valence-corrected chi connectivity index (χ2v) is 6.41. The van der Waals surface area contributed by atoms with Gasteiger partial charge in [-0.25, -0.2) is 0 Å². The Kier molecular flexibility index (Phi) is 11.7. The minimum absolute atomic E-state index is 0. The Morgan fingerprint density at radius 1 is 1.29 bits per heavy atom. The van der Waals surface area contributed by atoms with Crippen LogP contribution in [0.3, 0.4) is 0 Å². The van der Waals surface area contributed by atoms with E-state index in [0.29, 0.717) is 6.04 Å². The molecule has 0 bridgehead atoms. The molecule has 1 atom stereocenters. The van der Waals surface area contributed by atoms with Crippen molar-refractivity contribution < 1.29 is 4.79 Å². The zero-order valence-corrected chi connectivity index (χ0v) is 16.7. The van der Waals surface area contributed by atoms with Crippen LogP contribution in [0.5, 0.6) is 0 Å². The third kappa shape index (κ3) is 7.16. The maximum absolute atomic E-state index is 11.7. The summed E-state index contributed by atoms with van der Waals surface area (Å²) < 4.78 is 0. The quantitative estimate of drug-likeness (QED) is 0.751.